The fourth-order valence-corrected chi connectivity index (χ4v) is 2.96. The third-order valence-corrected chi connectivity index (χ3v) is 4.37. The summed E-state index contributed by atoms with van der Waals surface area (Å²) in [5.74, 6) is 1.41. The Morgan fingerprint density at radius 2 is 2.00 bits per heavy atom. The molecule has 1 fully saturated rings. The molecule has 0 aliphatic carbocycles. The van der Waals surface area contributed by atoms with Gasteiger partial charge in [-0.1, -0.05) is 0 Å². The lowest BCUT2D eigenvalue weighted by molar-refractivity contribution is 0.0266. The molecule has 172 valence electrons. The van der Waals surface area contributed by atoms with Crippen molar-refractivity contribution in [2.45, 2.75) is 46.6 Å². The maximum atomic E-state index is 12.2. The summed E-state index contributed by atoms with van der Waals surface area (Å²) >= 11 is 0. The van der Waals surface area contributed by atoms with Gasteiger partial charge in [0.2, 0.25) is 0 Å². The largest absolute Gasteiger partial charge is 0.444 e. The van der Waals surface area contributed by atoms with Gasteiger partial charge in [0.1, 0.15) is 5.60 Å². The number of ether oxygens (including phenoxy) is 3. The quantitative estimate of drug-likeness (QED) is 0.204. The molecule has 1 rings (SSSR count). The number of methoxy groups -OCH3 is 1. The third-order valence-electron chi connectivity index (χ3n) is 4.37. The van der Waals surface area contributed by atoms with E-state index in [4.69, 9.17) is 19.2 Å². The molecule has 29 heavy (non-hydrogen) atoms. The molecular formula is C20H41IN4O4. The summed E-state index contributed by atoms with van der Waals surface area (Å²) in [6, 6.07) is 0. The molecule has 0 bridgehead atoms. The Balaban J connectivity index is 0.00000784. The molecule has 1 saturated heterocycles. The molecule has 0 aromatic heterocycles. The van der Waals surface area contributed by atoms with Crippen LogP contribution in [0.3, 0.4) is 0 Å². The number of rotatable bonds is 10. The van der Waals surface area contributed by atoms with E-state index in [0.29, 0.717) is 38.8 Å². The van der Waals surface area contributed by atoms with E-state index in [0.717, 1.165) is 38.6 Å². The number of halogens is 1. The number of hydrogen-bond acceptors (Lipinski definition) is 5. The van der Waals surface area contributed by atoms with E-state index in [1.807, 2.05) is 27.7 Å². The lowest BCUT2D eigenvalue weighted by Crippen LogP contribution is -2.41. The van der Waals surface area contributed by atoms with Crippen molar-refractivity contribution in [2.75, 3.05) is 66.2 Å². The number of carbonyl (C=O) groups excluding carboxylic acids is 1. The average molecular weight is 528 g/mol. The number of nitrogens with zero attached hydrogens (tertiary/aromatic N) is 3. The van der Waals surface area contributed by atoms with E-state index >= 15 is 0 Å². The summed E-state index contributed by atoms with van der Waals surface area (Å²) in [5.41, 5.74) is -0.488. The van der Waals surface area contributed by atoms with Crippen LogP contribution >= 0.6 is 24.0 Å². The monoisotopic (exact) mass is 528 g/mol. The number of guanidine groups is 1. The third kappa shape index (κ3) is 11.8. The van der Waals surface area contributed by atoms with Crippen LogP contribution in [0.5, 0.6) is 0 Å². The molecule has 1 heterocycles. The average Bonchev–Trinajstić information content (AvgIpc) is 3.08. The zero-order valence-corrected chi connectivity index (χ0v) is 21.4. The zero-order chi connectivity index (χ0) is 21.0. The first-order valence-electron chi connectivity index (χ1n) is 10.4. The van der Waals surface area contributed by atoms with Crippen molar-refractivity contribution in [1.82, 2.24) is 15.1 Å². The summed E-state index contributed by atoms with van der Waals surface area (Å²) in [4.78, 5) is 20.9. The number of carbonyl (C=O) groups is 1. The minimum absolute atomic E-state index is 0. The smallest absolute Gasteiger partial charge is 0.410 e. The lowest BCUT2D eigenvalue weighted by Gasteiger charge is -2.26. The van der Waals surface area contributed by atoms with Crippen molar-refractivity contribution in [3.8, 4) is 0 Å². The van der Waals surface area contributed by atoms with Gasteiger partial charge in [0.15, 0.2) is 5.96 Å². The van der Waals surface area contributed by atoms with Gasteiger partial charge in [0, 0.05) is 45.8 Å². The highest BCUT2D eigenvalue weighted by molar-refractivity contribution is 14.0. The fourth-order valence-electron chi connectivity index (χ4n) is 2.96. The summed E-state index contributed by atoms with van der Waals surface area (Å²) < 4.78 is 16.1. The molecule has 1 unspecified atom stereocenters. The minimum Gasteiger partial charge on any atom is -0.444 e. The fraction of sp³-hybridized carbons (Fsp3) is 0.900. The van der Waals surface area contributed by atoms with E-state index in [9.17, 15) is 4.79 Å². The van der Waals surface area contributed by atoms with Gasteiger partial charge >= 0.3 is 6.09 Å². The predicted octanol–water partition coefficient (Wildman–Crippen LogP) is 2.81. The summed E-state index contributed by atoms with van der Waals surface area (Å²) in [6.45, 7) is 16.1. The highest BCUT2D eigenvalue weighted by Crippen LogP contribution is 2.16. The van der Waals surface area contributed by atoms with Gasteiger partial charge in [-0.05, 0) is 41.0 Å². The second-order valence-electron chi connectivity index (χ2n) is 7.96. The Hall–Kier alpha value is -0.810. The van der Waals surface area contributed by atoms with Gasteiger partial charge in [-0.25, -0.2) is 4.79 Å². The van der Waals surface area contributed by atoms with E-state index in [2.05, 4.69) is 17.1 Å². The molecule has 1 N–H and O–H groups in total. The molecule has 0 aromatic rings. The SMILES string of the molecule is CCNC(=NCCN(CC)C(=O)OC(C)(C)C)N1CCC(COCCOC)C1.I. The van der Waals surface area contributed by atoms with E-state index in [1.54, 1.807) is 12.0 Å². The first-order valence-corrected chi connectivity index (χ1v) is 10.4. The zero-order valence-electron chi connectivity index (χ0n) is 19.0. The molecular weight excluding hydrogens is 487 g/mol. The van der Waals surface area contributed by atoms with Gasteiger partial charge in [-0.15, -0.1) is 24.0 Å². The normalized spacial score (nSPS) is 17.1. The number of hydrogen-bond donors (Lipinski definition) is 1. The van der Waals surface area contributed by atoms with E-state index in [-0.39, 0.29) is 30.1 Å². The summed E-state index contributed by atoms with van der Waals surface area (Å²) in [7, 11) is 1.68. The summed E-state index contributed by atoms with van der Waals surface area (Å²) in [6.07, 6.45) is 0.806. The van der Waals surface area contributed by atoms with Crippen molar-refractivity contribution in [2.24, 2.45) is 10.9 Å². The number of aliphatic imine (C=N–C) groups is 1. The van der Waals surface area contributed by atoms with E-state index in [1.165, 1.54) is 0 Å². The lowest BCUT2D eigenvalue weighted by atomic mass is 10.1. The number of likely N-dealkylation sites (N-methyl/N-ethyl adjacent to an activating group) is 1. The van der Waals surface area contributed by atoms with Crippen LogP contribution in [-0.4, -0.2) is 93.7 Å². The van der Waals surface area contributed by atoms with Gasteiger partial charge < -0.3 is 29.3 Å². The second-order valence-corrected chi connectivity index (χ2v) is 7.96. The molecule has 0 radical (unpaired) electrons. The van der Waals surface area contributed by atoms with Crippen LogP contribution in [0.2, 0.25) is 0 Å². The van der Waals surface area contributed by atoms with E-state index < -0.39 is 5.60 Å². The molecule has 0 spiro atoms. The maximum Gasteiger partial charge on any atom is 0.410 e. The highest BCUT2D eigenvalue weighted by Gasteiger charge is 2.25. The molecule has 0 saturated carbocycles. The molecule has 0 aromatic carbocycles. The molecule has 9 heteroatoms. The van der Waals surface area contributed by atoms with Gasteiger partial charge in [-0.3, -0.25) is 4.99 Å². The molecule has 1 amide bonds. The first kappa shape index (κ1) is 28.2. The van der Waals surface area contributed by atoms with Crippen LogP contribution in [0.4, 0.5) is 4.79 Å². The topological polar surface area (TPSA) is 75.6 Å². The van der Waals surface area contributed by atoms with Crippen LogP contribution < -0.4 is 5.32 Å². The van der Waals surface area contributed by atoms with Gasteiger partial charge in [0.25, 0.3) is 0 Å². The number of likely N-dealkylation sites (tertiary alicyclic amines) is 1. The predicted molar refractivity (Wildman–Crippen MR) is 127 cm³/mol. The molecule has 1 aliphatic rings. The van der Waals surface area contributed by atoms with Crippen molar-refractivity contribution in [3.05, 3.63) is 0 Å². The Bertz CT molecular complexity index is 486. The minimum atomic E-state index is -0.488. The van der Waals surface area contributed by atoms with Crippen LogP contribution in [0.1, 0.15) is 41.0 Å². The number of amides is 1. The second kappa shape index (κ2) is 15.1. The van der Waals surface area contributed by atoms with Gasteiger partial charge in [0.05, 0.1) is 26.4 Å². The Morgan fingerprint density at radius 3 is 2.59 bits per heavy atom. The Labute approximate surface area is 193 Å². The van der Waals surface area contributed by atoms with Crippen LogP contribution in [0.25, 0.3) is 0 Å². The maximum absolute atomic E-state index is 12.2. The Kier molecular flexibility index (Phi) is 14.6. The van der Waals surface area contributed by atoms with Crippen LogP contribution in [0, 0.1) is 5.92 Å². The van der Waals surface area contributed by atoms with Crippen molar-refractivity contribution in [3.63, 3.8) is 0 Å². The first-order chi connectivity index (χ1) is 13.3. The van der Waals surface area contributed by atoms with Crippen molar-refractivity contribution in [1.29, 1.82) is 0 Å². The molecule has 1 atom stereocenters. The van der Waals surface area contributed by atoms with Crippen molar-refractivity contribution >= 4 is 36.0 Å². The standard InChI is InChI=1S/C20H40N4O4.HI/c1-7-21-18(24-11-9-17(15-24)16-27-14-13-26-6)22-10-12-23(8-2)19(25)28-20(3,4)5;/h17H,7-16H2,1-6H3,(H,21,22);1H. The summed E-state index contributed by atoms with van der Waals surface area (Å²) in [5, 5.41) is 3.36. The van der Waals surface area contributed by atoms with Crippen LogP contribution in [0.15, 0.2) is 4.99 Å². The van der Waals surface area contributed by atoms with Gasteiger partial charge in [-0.2, -0.15) is 0 Å². The molecule has 1 aliphatic heterocycles. The molecule has 8 nitrogen and oxygen atoms in total. The number of nitrogens with one attached hydrogen (secondary N) is 1. The highest BCUT2D eigenvalue weighted by atomic mass is 127. The van der Waals surface area contributed by atoms with Crippen LogP contribution in [-0.2, 0) is 14.2 Å². The Morgan fingerprint density at radius 1 is 1.28 bits per heavy atom. The van der Waals surface area contributed by atoms with Crippen molar-refractivity contribution < 1.29 is 19.0 Å².